The Hall–Kier alpha value is -10.7. The third kappa shape index (κ3) is 20.9. The summed E-state index contributed by atoms with van der Waals surface area (Å²) in [6.45, 7) is 7.31. The molecule has 115 heavy (non-hydrogen) atoms. The number of hydrogen-bond acceptors (Lipinski definition) is 24. The van der Waals surface area contributed by atoms with E-state index in [4.69, 9.17) is 34.6 Å². The number of ether oxygens (including phenoxy) is 3. The van der Waals surface area contributed by atoms with Gasteiger partial charge in [0.1, 0.15) is 75.5 Å². The third-order valence-electron chi connectivity index (χ3n) is 22.4. The molecule has 2 amide bonds. The molecule has 3 aliphatic heterocycles. The summed E-state index contributed by atoms with van der Waals surface area (Å²) in [5.41, 5.74) is 12.2. The number of phenols is 13. The molecule has 0 fully saturated rings. The number of amides is 2. The molecule has 26 heteroatoms. The van der Waals surface area contributed by atoms with Crippen molar-refractivity contribution in [2.24, 2.45) is 0 Å². The highest BCUT2D eigenvalue weighted by atomic mass is 16.6. The van der Waals surface area contributed by atoms with Crippen molar-refractivity contribution in [3.63, 3.8) is 0 Å². The van der Waals surface area contributed by atoms with Gasteiger partial charge in [0.25, 0.3) is 0 Å². The van der Waals surface area contributed by atoms with Gasteiger partial charge >= 0.3 is 12.2 Å². The minimum atomic E-state index is -0.627. The van der Waals surface area contributed by atoms with Crippen LogP contribution in [0, 0.1) is 0 Å². The first-order valence-electron chi connectivity index (χ1n) is 39.6. The fourth-order valence-corrected chi connectivity index (χ4v) is 17.4. The van der Waals surface area contributed by atoms with Crippen LogP contribution < -0.4 is 14.5 Å². The van der Waals surface area contributed by atoms with Crippen LogP contribution in [0.4, 0.5) is 21.0 Å². The van der Waals surface area contributed by atoms with E-state index in [-0.39, 0.29) is 157 Å². The highest BCUT2D eigenvalue weighted by Crippen LogP contribution is 2.52. The molecule has 0 radical (unpaired) electrons. The van der Waals surface area contributed by atoms with Crippen molar-refractivity contribution >= 4 is 23.6 Å². The van der Waals surface area contributed by atoms with Gasteiger partial charge in [-0.25, -0.2) is 9.59 Å². The summed E-state index contributed by atoms with van der Waals surface area (Å²) < 4.78 is 16.5. The molecule has 7 aliphatic rings. The van der Waals surface area contributed by atoms with Gasteiger partial charge in [-0.05, 0) is 229 Å². The van der Waals surface area contributed by atoms with E-state index in [1.165, 1.54) is 64.4 Å². The summed E-state index contributed by atoms with van der Waals surface area (Å²) in [6.07, 6.45) is 13.1. The lowest BCUT2D eigenvalue weighted by Crippen LogP contribution is -2.40. The monoisotopic (exact) mass is 1590 g/mol. The zero-order valence-corrected chi connectivity index (χ0v) is 65.2. The number of aromatic hydroxyl groups is 13. The minimum Gasteiger partial charge on any atom is -0.508 e. The van der Waals surface area contributed by atoms with E-state index < -0.39 is 23.5 Å². The molecule has 19 N–H and O–H groups in total. The van der Waals surface area contributed by atoms with Gasteiger partial charge in [-0.1, -0.05) is 48.5 Å². The number of anilines is 2. The largest absolute Gasteiger partial charge is 0.508 e. The Labute approximate surface area is 668 Å². The molecule has 0 spiro atoms. The van der Waals surface area contributed by atoms with E-state index in [1.807, 2.05) is 24.3 Å². The molecule has 0 saturated carbocycles. The molecule has 620 valence electrons. The van der Waals surface area contributed by atoms with Crippen molar-refractivity contribution in [2.45, 2.75) is 183 Å². The van der Waals surface area contributed by atoms with Crippen molar-refractivity contribution in [3.8, 4) is 91.6 Å². The van der Waals surface area contributed by atoms with Gasteiger partial charge in [-0.15, -0.1) is 0 Å². The van der Waals surface area contributed by atoms with Crippen LogP contribution in [0.2, 0.25) is 0 Å². The van der Waals surface area contributed by atoms with Crippen molar-refractivity contribution in [3.05, 3.63) is 176 Å². The van der Waals surface area contributed by atoms with Crippen LogP contribution in [-0.4, -0.2) is 181 Å². The van der Waals surface area contributed by atoms with Crippen LogP contribution in [0.25, 0.3) is 11.1 Å². The number of aryl methyl sites for hydroxylation is 3. The van der Waals surface area contributed by atoms with Crippen LogP contribution >= 0.6 is 0 Å². The van der Waals surface area contributed by atoms with E-state index in [9.17, 15) is 86.2 Å². The molecule has 3 heterocycles. The summed E-state index contributed by atoms with van der Waals surface area (Å²) in [4.78, 5) is 28.4. The Bertz CT molecular complexity index is 4440. The van der Waals surface area contributed by atoms with Crippen molar-refractivity contribution < 1.29 is 121 Å². The van der Waals surface area contributed by atoms with E-state index in [1.54, 1.807) is 32.9 Å². The van der Waals surface area contributed by atoms with E-state index in [2.05, 4.69) is 24.3 Å². The molecule has 0 bridgehead atoms. The van der Waals surface area contributed by atoms with Gasteiger partial charge < -0.3 is 111 Å². The van der Waals surface area contributed by atoms with Gasteiger partial charge in [0.2, 0.25) is 5.75 Å². The lowest BCUT2D eigenvalue weighted by atomic mass is 9.80. The maximum atomic E-state index is 13.1. The van der Waals surface area contributed by atoms with E-state index in [0.29, 0.717) is 110 Å². The normalized spacial score (nSPS) is 18.6. The van der Waals surface area contributed by atoms with E-state index in [0.717, 1.165) is 114 Å². The molecule has 26 nitrogen and oxygen atoms in total. The average molecular weight is 1590 g/mol. The molecular weight excluding hydrogens is 1480 g/mol. The van der Waals surface area contributed by atoms with Crippen molar-refractivity contribution in [1.29, 1.82) is 0 Å². The maximum Gasteiger partial charge on any atom is 0.414 e. The molecule has 8 aromatic rings. The number of phenolic OH excluding ortho intramolecular Hbond substituents is 13. The first-order chi connectivity index (χ1) is 55.1. The molecule has 0 aromatic heterocycles. The molecule has 0 saturated heterocycles. The molecule has 8 aromatic carbocycles. The van der Waals surface area contributed by atoms with Gasteiger partial charge in [-0.2, -0.15) is 0 Å². The first kappa shape index (κ1) is 86.7. The Kier molecular flexibility index (Phi) is 29.8. The van der Waals surface area contributed by atoms with E-state index >= 15 is 0 Å². The number of nitrogens with zero attached hydrogens (tertiary/aromatic N) is 2. The smallest absolute Gasteiger partial charge is 0.414 e. The lowest BCUT2D eigenvalue weighted by Gasteiger charge is -2.35. The summed E-state index contributed by atoms with van der Waals surface area (Å²) >= 11 is 0. The molecule has 6 atom stereocenters. The van der Waals surface area contributed by atoms with Crippen LogP contribution in [0.15, 0.2) is 115 Å². The SMILES string of the molecule is CC(C)(C)OC(=O)N1CC[C@@H](CCO)c2c(O)cc(O)cc21.O=C(OCC1c2ccccc2-c2ccccc21)N1CC[C@@H](CCO)c2c(O)cc(O)cc21.OCC[C@@H]1CCCc2cc(O)c(O)c(O)c21.OCC[C@@H]1CCCc2cc(O)cc(O)c21.OCC[C@@H]1CCCc2cc(O)cc(O)c21.OCC[C@@H]1CCOc2cc(O)cc(O)c21. The second-order valence-electron chi connectivity index (χ2n) is 31.1. The average Bonchev–Trinajstić information content (AvgIpc) is 0.877. The highest BCUT2D eigenvalue weighted by Gasteiger charge is 2.38. The summed E-state index contributed by atoms with van der Waals surface area (Å²) in [6, 6.07) is 32.3. The number of hydrogen-bond donors (Lipinski definition) is 19. The van der Waals surface area contributed by atoms with Gasteiger partial charge in [0.15, 0.2) is 11.5 Å². The zero-order chi connectivity index (χ0) is 82.9. The number of aliphatic hydroxyl groups excluding tert-OH is 6. The summed E-state index contributed by atoms with van der Waals surface area (Å²) in [7, 11) is 0. The Balaban J connectivity index is 0.000000150. The van der Waals surface area contributed by atoms with Gasteiger partial charge in [0, 0.05) is 141 Å². The number of benzene rings is 8. The van der Waals surface area contributed by atoms with Crippen LogP contribution in [0.3, 0.4) is 0 Å². The number of carbonyl (C=O) groups excluding carboxylic acids is 2. The Morgan fingerprint density at radius 1 is 0.391 bits per heavy atom. The second kappa shape index (κ2) is 39.5. The van der Waals surface area contributed by atoms with Gasteiger partial charge in [-0.3, -0.25) is 9.80 Å². The first-order valence-corrected chi connectivity index (χ1v) is 39.6. The maximum absolute atomic E-state index is 13.1. The van der Waals surface area contributed by atoms with Crippen molar-refractivity contribution in [2.75, 3.05) is 75.7 Å². The zero-order valence-electron chi connectivity index (χ0n) is 65.2. The Morgan fingerprint density at radius 3 is 1.17 bits per heavy atom. The minimum absolute atomic E-state index is 0.00311. The van der Waals surface area contributed by atoms with Gasteiger partial charge in [0.05, 0.1) is 18.0 Å². The quantitative estimate of drug-likeness (QED) is 0.0450. The number of fused-ring (bicyclic) bond motifs is 9. The summed E-state index contributed by atoms with van der Waals surface area (Å²) in [5.74, 6) is 0.265. The predicted molar refractivity (Wildman–Crippen MR) is 431 cm³/mol. The molecule has 0 unspecified atom stereocenters. The summed E-state index contributed by atoms with van der Waals surface area (Å²) in [5, 5.41) is 181. The van der Waals surface area contributed by atoms with Crippen LogP contribution in [0.5, 0.6) is 80.5 Å². The second-order valence-corrected chi connectivity index (χ2v) is 31.1. The fraction of sp³-hybridized carbons (Fsp3) is 0.438. The van der Waals surface area contributed by atoms with Crippen LogP contribution in [-0.2, 0) is 28.7 Å². The molecule has 15 rings (SSSR count). The highest BCUT2D eigenvalue weighted by molar-refractivity contribution is 5.92. The van der Waals surface area contributed by atoms with Crippen molar-refractivity contribution in [1.82, 2.24) is 0 Å². The number of aliphatic hydroxyl groups is 6. The fourth-order valence-electron chi connectivity index (χ4n) is 17.4. The molecule has 4 aliphatic carbocycles. The topological polar surface area (TPSA) is 453 Å². The van der Waals surface area contributed by atoms with Crippen LogP contribution in [0.1, 0.15) is 220 Å². The number of carbonyl (C=O) groups is 2. The number of rotatable bonds is 14. The molecular formula is C89H110N2O24. The standard InChI is InChI=1S/C26H25NO5.C16H23NO5.C12H16O4.2C12H16O3.C11H14O4/c28-12-10-16-9-11-27(23-13-17(29)14-24(30)25(16)23)26(31)32-15-22-20-7-3-1-5-18(20)19-6-2-4-8-21(19)22;1-16(2,3)22-15(21)17-6-4-10(5-7-18)14-12(17)8-11(19)9-13(14)20;13-5-4-7-2-1-3-8-6-9(14)11(15)12(16)10(7)8;2*13-5-4-8-2-1-3-9-6-10(14)7-11(15)12(8)9;12-3-1-7-2-4-15-10-6-8(13)5-9(14)11(7)10/h1-8,13-14,16,22,28-30H,9-12,15H2;8-10,18-20H,4-7H2,1-3H3;6-7,13-16H,1-5H2;2*6-8,13-15H,1-5H2;5-7,12-14H,1-4H2/t16-;10-;7-;2*8-;7-/m000001/s1. The lowest BCUT2D eigenvalue weighted by molar-refractivity contribution is 0.0575. The predicted octanol–water partition coefficient (Wildman–Crippen LogP) is 14.2. The third-order valence-corrected chi connectivity index (χ3v) is 22.4. The Morgan fingerprint density at radius 2 is 0.748 bits per heavy atom.